The van der Waals surface area contributed by atoms with Crippen LogP contribution in [0.3, 0.4) is 0 Å². The van der Waals surface area contributed by atoms with Gasteiger partial charge in [0.1, 0.15) is 5.72 Å². The zero-order valence-electron chi connectivity index (χ0n) is 9.53. The second-order valence-corrected chi connectivity index (χ2v) is 3.55. The van der Waals surface area contributed by atoms with E-state index in [-0.39, 0.29) is 0 Å². The molecular formula is C11H17NO4. The Balaban J connectivity index is 2.65. The highest BCUT2D eigenvalue weighted by molar-refractivity contribution is 5.87. The number of nitrogens with one attached hydrogen (secondary N) is 1. The fourth-order valence-electron chi connectivity index (χ4n) is 1.57. The van der Waals surface area contributed by atoms with E-state index in [1.54, 1.807) is 26.4 Å². The fraction of sp³-hybridized carbons (Fsp3) is 0.545. The van der Waals surface area contributed by atoms with Crippen molar-refractivity contribution in [2.45, 2.75) is 12.1 Å². The Morgan fingerprint density at radius 2 is 2.38 bits per heavy atom. The zero-order valence-corrected chi connectivity index (χ0v) is 9.53. The SMILES string of the molecule is COCCNC1(OC)C=CC=C(C(=O)O)C1. The molecule has 0 aromatic carbocycles. The van der Waals surface area contributed by atoms with Crippen LogP contribution in [0.25, 0.3) is 0 Å². The molecule has 0 radical (unpaired) electrons. The third-order valence-electron chi connectivity index (χ3n) is 2.49. The van der Waals surface area contributed by atoms with Gasteiger partial charge >= 0.3 is 5.97 Å². The highest BCUT2D eigenvalue weighted by Crippen LogP contribution is 2.23. The number of aliphatic carboxylic acids is 1. The van der Waals surface area contributed by atoms with Crippen LogP contribution < -0.4 is 5.32 Å². The van der Waals surface area contributed by atoms with Gasteiger partial charge in [-0.2, -0.15) is 0 Å². The second-order valence-electron chi connectivity index (χ2n) is 3.55. The minimum Gasteiger partial charge on any atom is -0.478 e. The minimum absolute atomic E-state index is 0.305. The molecule has 1 atom stereocenters. The maximum absolute atomic E-state index is 10.9. The molecule has 1 aliphatic carbocycles. The number of carboxylic acids is 1. The molecule has 0 aromatic rings. The molecule has 5 heteroatoms. The zero-order chi connectivity index (χ0) is 12.0. The molecule has 1 unspecified atom stereocenters. The van der Waals surface area contributed by atoms with E-state index in [0.717, 1.165) is 0 Å². The number of carbonyl (C=O) groups is 1. The normalized spacial score (nSPS) is 24.2. The molecule has 0 aromatic heterocycles. The Hall–Kier alpha value is -1.17. The van der Waals surface area contributed by atoms with E-state index in [9.17, 15) is 4.79 Å². The molecule has 16 heavy (non-hydrogen) atoms. The van der Waals surface area contributed by atoms with Crippen LogP contribution >= 0.6 is 0 Å². The summed E-state index contributed by atoms with van der Waals surface area (Å²) in [7, 11) is 3.16. The summed E-state index contributed by atoms with van der Waals surface area (Å²) in [4.78, 5) is 10.9. The first-order valence-electron chi connectivity index (χ1n) is 5.04. The van der Waals surface area contributed by atoms with Crippen LogP contribution in [-0.4, -0.2) is 44.2 Å². The van der Waals surface area contributed by atoms with E-state index in [1.807, 2.05) is 6.08 Å². The number of hydrogen-bond donors (Lipinski definition) is 2. The average Bonchev–Trinajstić information content (AvgIpc) is 2.30. The van der Waals surface area contributed by atoms with Gasteiger partial charge in [-0.05, 0) is 6.08 Å². The summed E-state index contributed by atoms with van der Waals surface area (Å²) in [5, 5.41) is 12.1. The van der Waals surface area contributed by atoms with Crippen molar-refractivity contribution in [1.82, 2.24) is 5.32 Å². The molecule has 2 N–H and O–H groups in total. The van der Waals surface area contributed by atoms with Crippen molar-refractivity contribution in [3.05, 3.63) is 23.8 Å². The largest absolute Gasteiger partial charge is 0.478 e. The predicted molar refractivity (Wildman–Crippen MR) is 59.1 cm³/mol. The van der Waals surface area contributed by atoms with Gasteiger partial charge in [0.05, 0.1) is 6.61 Å². The Morgan fingerprint density at radius 1 is 1.62 bits per heavy atom. The fourth-order valence-corrected chi connectivity index (χ4v) is 1.57. The summed E-state index contributed by atoms with van der Waals surface area (Å²) in [5.41, 5.74) is -0.407. The average molecular weight is 227 g/mol. The minimum atomic E-state index is -0.917. The number of carboxylic acid groups (broad SMARTS) is 1. The highest BCUT2D eigenvalue weighted by Gasteiger charge is 2.31. The topological polar surface area (TPSA) is 67.8 Å². The summed E-state index contributed by atoms with van der Waals surface area (Å²) >= 11 is 0. The lowest BCUT2D eigenvalue weighted by molar-refractivity contribution is -0.133. The molecule has 0 fully saturated rings. The van der Waals surface area contributed by atoms with Crippen molar-refractivity contribution in [3.63, 3.8) is 0 Å². The third kappa shape index (κ3) is 3.16. The molecule has 5 nitrogen and oxygen atoms in total. The van der Waals surface area contributed by atoms with Crippen molar-refractivity contribution >= 4 is 5.97 Å². The molecule has 0 bridgehead atoms. The van der Waals surface area contributed by atoms with Crippen molar-refractivity contribution < 1.29 is 19.4 Å². The lowest BCUT2D eigenvalue weighted by atomic mass is 9.97. The first-order chi connectivity index (χ1) is 7.63. The lowest BCUT2D eigenvalue weighted by Gasteiger charge is -2.32. The van der Waals surface area contributed by atoms with Crippen LogP contribution in [0.5, 0.6) is 0 Å². The molecule has 0 heterocycles. The first kappa shape index (κ1) is 12.9. The quantitative estimate of drug-likeness (QED) is 0.512. The van der Waals surface area contributed by atoms with Gasteiger partial charge in [-0.1, -0.05) is 12.2 Å². The van der Waals surface area contributed by atoms with Gasteiger partial charge < -0.3 is 14.6 Å². The Morgan fingerprint density at radius 3 is 2.94 bits per heavy atom. The van der Waals surface area contributed by atoms with Crippen molar-refractivity contribution in [2.75, 3.05) is 27.4 Å². The van der Waals surface area contributed by atoms with E-state index in [4.69, 9.17) is 14.6 Å². The number of methoxy groups -OCH3 is 2. The Bertz CT molecular complexity index is 311. The van der Waals surface area contributed by atoms with Crippen molar-refractivity contribution in [3.8, 4) is 0 Å². The van der Waals surface area contributed by atoms with E-state index in [1.165, 1.54) is 0 Å². The number of allylic oxidation sites excluding steroid dienone is 2. The Labute approximate surface area is 94.7 Å². The van der Waals surface area contributed by atoms with Gasteiger partial charge in [0.25, 0.3) is 0 Å². The summed E-state index contributed by atoms with van der Waals surface area (Å²) in [6.07, 6.45) is 5.39. The summed E-state index contributed by atoms with van der Waals surface area (Å²) in [6.45, 7) is 1.15. The van der Waals surface area contributed by atoms with Gasteiger partial charge in [0.2, 0.25) is 0 Å². The number of hydrogen-bond acceptors (Lipinski definition) is 4. The number of rotatable bonds is 6. The second kappa shape index (κ2) is 5.79. The molecule has 0 amide bonds. The third-order valence-corrected chi connectivity index (χ3v) is 2.49. The molecular weight excluding hydrogens is 210 g/mol. The lowest BCUT2D eigenvalue weighted by Crippen LogP contribution is -2.48. The van der Waals surface area contributed by atoms with E-state index in [0.29, 0.717) is 25.1 Å². The molecule has 0 saturated heterocycles. The van der Waals surface area contributed by atoms with Gasteiger partial charge in [-0.3, -0.25) is 5.32 Å². The molecule has 0 saturated carbocycles. The van der Waals surface area contributed by atoms with Crippen LogP contribution in [0.1, 0.15) is 6.42 Å². The first-order valence-corrected chi connectivity index (χ1v) is 5.04. The van der Waals surface area contributed by atoms with Crippen LogP contribution in [0.4, 0.5) is 0 Å². The van der Waals surface area contributed by atoms with Crippen LogP contribution in [0, 0.1) is 0 Å². The highest BCUT2D eigenvalue weighted by atomic mass is 16.5. The van der Waals surface area contributed by atoms with Gasteiger partial charge in [0.15, 0.2) is 0 Å². The molecule has 0 aliphatic heterocycles. The van der Waals surface area contributed by atoms with E-state index >= 15 is 0 Å². The van der Waals surface area contributed by atoms with Crippen molar-refractivity contribution in [2.24, 2.45) is 0 Å². The molecule has 1 aliphatic rings. The van der Waals surface area contributed by atoms with E-state index in [2.05, 4.69) is 5.32 Å². The molecule has 0 spiro atoms. The molecule has 90 valence electrons. The van der Waals surface area contributed by atoms with Gasteiger partial charge in [-0.15, -0.1) is 0 Å². The van der Waals surface area contributed by atoms with E-state index < -0.39 is 11.7 Å². The van der Waals surface area contributed by atoms with Crippen LogP contribution in [0.2, 0.25) is 0 Å². The Kier molecular flexibility index (Phi) is 4.67. The smallest absolute Gasteiger partial charge is 0.331 e. The predicted octanol–water partition coefficient (Wildman–Crippen LogP) is 0.536. The number of ether oxygens (including phenoxy) is 2. The van der Waals surface area contributed by atoms with Crippen molar-refractivity contribution in [1.29, 1.82) is 0 Å². The summed E-state index contributed by atoms with van der Waals surface area (Å²) < 4.78 is 10.3. The van der Waals surface area contributed by atoms with Crippen LogP contribution in [-0.2, 0) is 14.3 Å². The van der Waals surface area contributed by atoms with Crippen LogP contribution in [0.15, 0.2) is 23.8 Å². The summed E-state index contributed by atoms with van der Waals surface area (Å²) in [6, 6.07) is 0. The maximum Gasteiger partial charge on any atom is 0.331 e. The monoisotopic (exact) mass is 227 g/mol. The molecule has 1 rings (SSSR count). The standard InChI is InChI=1S/C11H17NO4/c1-15-7-6-12-11(16-2)5-3-4-9(8-11)10(13)14/h3-5,12H,6-8H2,1-2H3,(H,13,14). The van der Waals surface area contributed by atoms with Gasteiger partial charge in [0, 0.05) is 32.8 Å². The maximum atomic E-state index is 10.9. The summed E-state index contributed by atoms with van der Waals surface area (Å²) in [5.74, 6) is -0.917. The van der Waals surface area contributed by atoms with Gasteiger partial charge in [-0.25, -0.2) is 4.79 Å².